The zero-order valence-corrected chi connectivity index (χ0v) is 8.38. The fraction of sp³-hybridized carbons (Fsp3) is 0.400. The second-order valence-corrected chi connectivity index (χ2v) is 3.40. The molecule has 0 saturated heterocycles. The molecule has 0 bridgehead atoms. The smallest absolute Gasteiger partial charge is 0.0624 e. The van der Waals surface area contributed by atoms with Gasteiger partial charge in [-0.25, -0.2) is 0 Å². The lowest BCUT2D eigenvalue weighted by atomic mass is 10.0. The van der Waals surface area contributed by atoms with E-state index in [4.69, 9.17) is 22.4 Å². The van der Waals surface area contributed by atoms with E-state index in [0.29, 0.717) is 0 Å². The van der Waals surface area contributed by atoms with Gasteiger partial charge in [-0.2, -0.15) is 0 Å². The summed E-state index contributed by atoms with van der Waals surface area (Å²) in [6, 6.07) is 5.32. The molecular formula is C10H14ClNO. The van der Waals surface area contributed by atoms with Crippen LogP contribution >= 0.6 is 11.6 Å². The maximum atomic E-state index is 8.86. The van der Waals surface area contributed by atoms with Crippen LogP contribution in [0.2, 0.25) is 5.02 Å². The third kappa shape index (κ3) is 2.44. The maximum absolute atomic E-state index is 8.86. The molecule has 1 aromatic carbocycles. The minimum atomic E-state index is -0.303. The van der Waals surface area contributed by atoms with Crippen molar-refractivity contribution in [1.82, 2.24) is 0 Å². The Morgan fingerprint density at radius 2 is 2.23 bits per heavy atom. The van der Waals surface area contributed by atoms with Crippen LogP contribution in [0.3, 0.4) is 0 Å². The Labute approximate surface area is 83.3 Å². The number of benzene rings is 1. The minimum Gasteiger partial charge on any atom is -0.394 e. The molecule has 0 spiro atoms. The van der Waals surface area contributed by atoms with Gasteiger partial charge in [0.05, 0.1) is 12.6 Å². The highest BCUT2D eigenvalue weighted by Gasteiger charge is 2.06. The predicted molar refractivity (Wildman–Crippen MR) is 54.8 cm³/mol. The fourth-order valence-electron chi connectivity index (χ4n) is 1.20. The van der Waals surface area contributed by atoms with Gasteiger partial charge in [-0.1, -0.05) is 30.7 Å². The van der Waals surface area contributed by atoms with Gasteiger partial charge in [-0.3, -0.25) is 0 Å². The zero-order valence-electron chi connectivity index (χ0n) is 7.63. The molecule has 1 rings (SSSR count). The molecule has 0 fully saturated rings. The van der Waals surface area contributed by atoms with Crippen LogP contribution in [0.5, 0.6) is 0 Å². The van der Waals surface area contributed by atoms with Gasteiger partial charge < -0.3 is 10.8 Å². The van der Waals surface area contributed by atoms with Gasteiger partial charge in [0.1, 0.15) is 0 Å². The molecule has 1 atom stereocenters. The van der Waals surface area contributed by atoms with Crippen molar-refractivity contribution in [1.29, 1.82) is 0 Å². The Kier molecular flexibility index (Phi) is 3.72. The second-order valence-electron chi connectivity index (χ2n) is 2.99. The molecule has 0 heterocycles. The predicted octanol–water partition coefficient (Wildman–Crippen LogP) is 1.89. The Morgan fingerprint density at radius 3 is 2.77 bits per heavy atom. The van der Waals surface area contributed by atoms with Crippen molar-refractivity contribution < 1.29 is 5.11 Å². The Bertz CT molecular complexity index is 288. The van der Waals surface area contributed by atoms with Crippen LogP contribution in [0, 0.1) is 0 Å². The largest absolute Gasteiger partial charge is 0.394 e. The number of halogens is 1. The number of rotatable bonds is 3. The lowest BCUT2D eigenvalue weighted by Gasteiger charge is -2.10. The van der Waals surface area contributed by atoms with E-state index < -0.39 is 0 Å². The van der Waals surface area contributed by atoms with Crippen LogP contribution in [-0.2, 0) is 6.42 Å². The third-order valence-electron chi connectivity index (χ3n) is 2.08. The first-order valence-electron chi connectivity index (χ1n) is 4.33. The van der Waals surface area contributed by atoms with Gasteiger partial charge in [0.25, 0.3) is 0 Å². The number of nitrogens with two attached hydrogens (primary N) is 1. The van der Waals surface area contributed by atoms with Gasteiger partial charge in [0, 0.05) is 5.02 Å². The van der Waals surface area contributed by atoms with E-state index >= 15 is 0 Å². The van der Waals surface area contributed by atoms with Gasteiger partial charge in [0.2, 0.25) is 0 Å². The molecule has 0 aromatic heterocycles. The summed E-state index contributed by atoms with van der Waals surface area (Å²) in [5.74, 6) is 0. The standard InChI is InChI=1S/C10H14ClNO/c1-2-7-5-8(10(12)6-13)3-4-9(7)11/h3-5,10,13H,2,6,12H2,1H3. The van der Waals surface area contributed by atoms with Crippen molar-refractivity contribution in [3.05, 3.63) is 34.3 Å². The highest BCUT2D eigenvalue weighted by molar-refractivity contribution is 6.31. The molecule has 3 N–H and O–H groups in total. The minimum absolute atomic E-state index is 0.0369. The number of aliphatic hydroxyl groups is 1. The monoisotopic (exact) mass is 199 g/mol. The quantitative estimate of drug-likeness (QED) is 0.781. The summed E-state index contributed by atoms with van der Waals surface area (Å²) < 4.78 is 0. The molecule has 1 unspecified atom stereocenters. The first kappa shape index (κ1) is 10.5. The van der Waals surface area contributed by atoms with Crippen molar-refractivity contribution >= 4 is 11.6 Å². The van der Waals surface area contributed by atoms with Crippen LogP contribution < -0.4 is 5.73 Å². The second kappa shape index (κ2) is 4.61. The van der Waals surface area contributed by atoms with Crippen molar-refractivity contribution in [2.24, 2.45) is 5.73 Å². The summed E-state index contributed by atoms with van der Waals surface area (Å²) in [6.07, 6.45) is 0.880. The molecule has 0 aliphatic rings. The summed E-state index contributed by atoms with van der Waals surface area (Å²) in [6.45, 7) is 2.00. The van der Waals surface area contributed by atoms with Gasteiger partial charge in [-0.05, 0) is 23.6 Å². The number of aryl methyl sites for hydroxylation is 1. The molecule has 72 valence electrons. The molecule has 0 amide bonds. The van der Waals surface area contributed by atoms with E-state index in [-0.39, 0.29) is 12.6 Å². The van der Waals surface area contributed by atoms with Gasteiger partial charge in [-0.15, -0.1) is 0 Å². The lowest BCUT2D eigenvalue weighted by molar-refractivity contribution is 0.268. The normalized spacial score (nSPS) is 12.9. The summed E-state index contributed by atoms with van der Waals surface area (Å²) >= 11 is 5.94. The Hall–Kier alpha value is -0.570. The van der Waals surface area contributed by atoms with Crippen LogP contribution in [0.15, 0.2) is 18.2 Å². The summed E-state index contributed by atoms with van der Waals surface area (Å²) in [5, 5.41) is 9.62. The zero-order chi connectivity index (χ0) is 9.84. The fourth-order valence-corrected chi connectivity index (χ4v) is 1.45. The highest BCUT2D eigenvalue weighted by atomic mass is 35.5. The van der Waals surface area contributed by atoms with E-state index in [2.05, 4.69) is 0 Å². The van der Waals surface area contributed by atoms with E-state index in [0.717, 1.165) is 22.6 Å². The molecule has 13 heavy (non-hydrogen) atoms. The van der Waals surface area contributed by atoms with E-state index in [1.165, 1.54) is 0 Å². The highest BCUT2D eigenvalue weighted by Crippen LogP contribution is 2.20. The maximum Gasteiger partial charge on any atom is 0.0624 e. The molecule has 0 aliphatic heterocycles. The van der Waals surface area contributed by atoms with E-state index in [1.54, 1.807) is 0 Å². The van der Waals surface area contributed by atoms with Gasteiger partial charge in [0.15, 0.2) is 0 Å². The average Bonchev–Trinajstić information content (AvgIpc) is 2.17. The van der Waals surface area contributed by atoms with Crippen LogP contribution in [0.4, 0.5) is 0 Å². The molecular weight excluding hydrogens is 186 g/mol. The third-order valence-corrected chi connectivity index (χ3v) is 2.44. The van der Waals surface area contributed by atoms with Crippen LogP contribution in [0.1, 0.15) is 24.1 Å². The van der Waals surface area contributed by atoms with Crippen molar-refractivity contribution in [2.75, 3.05) is 6.61 Å². The molecule has 2 nitrogen and oxygen atoms in total. The first-order chi connectivity index (χ1) is 6.19. The summed E-state index contributed by atoms with van der Waals surface area (Å²) in [5.41, 5.74) is 7.68. The molecule has 0 radical (unpaired) electrons. The topological polar surface area (TPSA) is 46.2 Å². The summed E-state index contributed by atoms with van der Waals surface area (Å²) in [7, 11) is 0. The van der Waals surface area contributed by atoms with Gasteiger partial charge >= 0.3 is 0 Å². The van der Waals surface area contributed by atoms with Crippen LogP contribution in [-0.4, -0.2) is 11.7 Å². The molecule has 0 aliphatic carbocycles. The lowest BCUT2D eigenvalue weighted by Crippen LogP contribution is -2.14. The molecule has 0 saturated carbocycles. The Balaban J connectivity index is 2.99. The summed E-state index contributed by atoms with van der Waals surface area (Å²) in [4.78, 5) is 0. The SMILES string of the molecule is CCc1cc(C(N)CO)ccc1Cl. The van der Waals surface area contributed by atoms with Crippen LogP contribution in [0.25, 0.3) is 0 Å². The van der Waals surface area contributed by atoms with Crippen molar-refractivity contribution in [3.63, 3.8) is 0 Å². The Morgan fingerprint density at radius 1 is 1.54 bits per heavy atom. The molecule has 3 heteroatoms. The van der Waals surface area contributed by atoms with E-state index in [1.807, 2.05) is 25.1 Å². The number of hydrogen-bond acceptors (Lipinski definition) is 2. The molecule has 1 aromatic rings. The number of aliphatic hydroxyl groups excluding tert-OH is 1. The van der Waals surface area contributed by atoms with Crippen molar-refractivity contribution in [2.45, 2.75) is 19.4 Å². The first-order valence-corrected chi connectivity index (χ1v) is 4.71. The average molecular weight is 200 g/mol. The van der Waals surface area contributed by atoms with E-state index in [9.17, 15) is 0 Å². The number of hydrogen-bond donors (Lipinski definition) is 2. The van der Waals surface area contributed by atoms with Crippen molar-refractivity contribution in [3.8, 4) is 0 Å².